The first-order valence-corrected chi connectivity index (χ1v) is 9.62. The van der Waals surface area contributed by atoms with Crippen LogP contribution in [0.3, 0.4) is 0 Å². The Kier molecular flexibility index (Phi) is 4.76. The number of nitrogens with zero attached hydrogens (tertiary/aromatic N) is 4. The fourth-order valence-electron chi connectivity index (χ4n) is 3.29. The zero-order valence-electron chi connectivity index (χ0n) is 14.3. The van der Waals surface area contributed by atoms with E-state index >= 15 is 0 Å². The molecule has 0 saturated carbocycles. The largest absolute Gasteiger partial charge is 0.354 e. The van der Waals surface area contributed by atoms with Crippen LogP contribution in [0.15, 0.2) is 35.5 Å². The second kappa shape index (κ2) is 7.33. The van der Waals surface area contributed by atoms with Crippen molar-refractivity contribution in [3.05, 3.63) is 58.1 Å². The number of thiophene rings is 1. The van der Waals surface area contributed by atoms with E-state index in [0.717, 1.165) is 43.7 Å². The van der Waals surface area contributed by atoms with Gasteiger partial charge in [-0.15, -0.1) is 0 Å². The molecule has 0 saturated heterocycles. The van der Waals surface area contributed by atoms with Gasteiger partial charge in [-0.1, -0.05) is 6.92 Å². The smallest absolute Gasteiger partial charge is 0.222 e. The number of aromatic amines is 1. The van der Waals surface area contributed by atoms with Crippen LogP contribution in [0, 0.1) is 0 Å². The topological polar surface area (TPSA) is 69.7 Å². The maximum Gasteiger partial charge on any atom is 0.222 e. The summed E-state index contributed by atoms with van der Waals surface area (Å²) in [4.78, 5) is 19.2. The van der Waals surface area contributed by atoms with E-state index in [-0.39, 0.29) is 6.04 Å². The van der Waals surface area contributed by atoms with Crippen molar-refractivity contribution in [2.24, 2.45) is 0 Å². The molecule has 0 radical (unpaired) electrons. The third kappa shape index (κ3) is 3.43. The zero-order valence-corrected chi connectivity index (χ0v) is 15.1. The lowest BCUT2D eigenvalue weighted by atomic mass is 9.97. The third-order valence-corrected chi connectivity index (χ3v) is 5.21. The number of hydrogen-bond acceptors (Lipinski definition) is 6. The second-order valence-electron chi connectivity index (χ2n) is 6.29. The summed E-state index contributed by atoms with van der Waals surface area (Å²) in [6.07, 6.45) is 7.72. The molecule has 0 fully saturated rings. The van der Waals surface area contributed by atoms with Gasteiger partial charge in [-0.25, -0.2) is 15.0 Å². The Bertz CT molecular complexity index is 795. The molecule has 130 valence electrons. The fourth-order valence-corrected chi connectivity index (χ4v) is 3.97. The van der Waals surface area contributed by atoms with Crippen molar-refractivity contribution in [2.45, 2.75) is 32.4 Å². The number of hydrogen-bond donors (Lipinski definition) is 2. The molecule has 0 unspecified atom stereocenters. The quantitative estimate of drug-likeness (QED) is 0.711. The van der Waals surface area contributed by atoms with Gasteiger partial charge in [0.2, 0.25) is 5.95 Å². The van der Waals surface area contributed by atoms with Crippen LogP contribution in [-0.2, 0) is 13.0 Å². The van der Waals surface area contributed by atoms with Crippen LogP contribution in [0.25, 0.3) is 0 Å². The molecule has 0 amide bonds. The first-order valence-electron chi connectivity index (χ1n) is 8.68. The molecule has 0 aliphatic carbocycles. The van der Waals surface area contributed by atoms with Crippen LogP contribution < -0.4 is 5.32 Å². The molecule has 0 bridgehead atoms. The van der Waals surface area contributed by atoms with Crippen LogP contribution in [-0.4, -0.2) is 37.9 Å². The summed E-state index contributed by atoms with van der Waals surface area (Å²) in [6, 6.07) is 2.39. The molecule has 1 atom stereocenters. The van der Waals surface area contributed by atoms with Gasteiger partial charge in [0.05, 0.1) is 18.1 Å². The highest BCUT2D eigenvalue weighted by Gasteiger charge is 2.31. The van der Waals surface area contributed by atoms with E-state index in [0.29, 0.717) is 5.95 Å². The Hall–Kier alpha value is -2.25. The minimum Gasteiger partial charge on any atom is -0.354 e. The Morgan fingerprint density at radius 2 is 2.20 bits per heavy atom. The number of imidazole rings is 1. The van der Waals surface area contributed by atoms with Gasteiger partial charge < -0.3 is 10.3 Å². The summed E-state index contributed by atoms with van der Waals surface area (Å²) in [7, 11) is 0. The zero-order chi connectivity index (χ0) is 17.1. The minimum atomic E-state index is 0.194. The van der Waals surface area contributed by atoms with Crippen molar-refractivity contribution in [3.63, 3.8) is 0 Å². The standard InChI is InChI=1S/C18H22N6S/c1-2-5-19-18-20-8-13(9-21-18)10-24-6-3-15-16(23-12-22-15)17(24)14-4-7-25-11-14/h4,7-9,11-12,17H,2-3,5-6,10H2,1H3,(H,22,23)(H,19,20,21)/t17-/m0/s1. The van der Waals surface area contributed by atoms with Crippen LogP contribution in [0.2, 0.25) is 0 Å². The highest BCUT2D eigenvalue weighted by atomic mass is 32.1. The van der Waals surface area contributed by atoms with Gasteiger partial charge in [0, 0.05) is 49.7 Å². The van der Waals surface area contributed by atoms with Crippen molar-refractivity contribution < 1.29 is 0 Å². The SMILES string of the molecule is CCCNc1ncc(CN2CCc3[nH]cnc3[C@@H]2c2ccsc2)cn1. The number of H-pyrrole nitrogens is 1. The van der Waals surface area contributed by atoms with Gasteiger partial charge in [0.1, 0.15) is 0 Å². The summed E-state index contributed by atoms with van der Waals surface area (Å²) in [6.45, 7) is 4.84. The summed E-state index contributed by atoms with van der Waals surface area (Å²) < 4.78 is 0. The predicted molar refractivity (Wildman–Crippen MR) is 99.7 cm³/mol. The lowest BCUT2D eigenvalue weighted by Crippen LogP contribution is -2.35. The molecular weight excluding hydrogens is 332 g/mol. The minimum absolute atomic E-state index is 0.194. The average Bonchev–Trinajstić information content (AvgIpc) is 3.32. The number of anilines is 1. The van der Waals surface area contributed by atoms with E-state index in [2.05, 4.69) is 53.9 Å². The van der Waals surface area contributed by atoms with Crippen molar-refractivity contribution >= 4 is 17.3 Å². The molecule has 7 heteroatoms. The fraction of sp³-hybridized carbons (Fsp3) is 0.389. The molecule has 1 aliphatic rings. The molecule has 3 aromatic rings. The van der Waals surface area contributed by atoms with Gasteiger partial charge in [-0.3, -0.25) is 4.90 Å². The molecule has 1 aliphatic heterocycles. The van der Waals surface area contributed by atoms with Gasteiger partial charge in [-0.2, -0.15) is 11.3 Å². The van der Waals surface area contributed by atoms with Crippen LogP contribution in [0.1, 0.15) is 41.9 Å². The predicted octanol–water partition coefficient (Wildman–Crippen LogP) is 3.23. The normalized spacial score (nSPS) is 17.4. The number of nitrogens with one attached hydrogen (secondary N) is 2. The van der Waals surface area contributed by atoms with E-state index in [9.17, 15) is 0 Å². The van der Waals surface area contributed by atoms with Crippen LogP contribution in [0.5, 0.6) is 0 Å². The van der Waals surface area contributed by atoms with Gasteiger partial charge >= 0.3 is 0 Å². The highest BCUT2D eigenvalue weighted by Crippen LogP contribution is 2.35. The van der Waals surface area contributed by atoms with E-state index in [1.54, 1.807) is 11.3 Å². The summed E-state index contributed by atoms with van der Waals surface area (Å²) >= 11 is 1.73. The highest BCUT2D eigenvalue weighted by molar-refractivity contribution is 7.08. The number of rotatable bonds is 6. The first kappa shape index (κ1) is 16.2. The van der Waals surface area contributed by atoms with Gasteiger partial charge in [0.15, 0.2) is 0 Å². The van der Waals surface area contributed by atoms with Crippen molar-refractivity contribution in [1.82, 2.24) is 24.8 Å². The van der Waals surface area contributed by atoms with E-state index in [1.807, 2.05) is 18.7 Å². The Balaban J connectivity index is 1.55. The first-order chi connectivity index (χ1) is 12.3. The van der Waals surface area contributed by atoms with Crippen molar-refractivity contribution in [3.8, 4) is 0 Å². The molecule has 4 heterocycles. The second-order valence-corrected chi connectivity index (χ2v) is 7.07. The Labute approximate surface area is 151 Å². The molecule has 4 rings (SSSR count). The van der Waals surface area contributed by atoms with E-state index < -0.39 is 0 Å². The van der Waals surface area contributed by atoms with Gasteiger partial charge in [-0.05, 0) is 28.8 Å². The Morgan fingerprint density at radius 1 is 1.32 bits per heavy atom. The maximum atomic E-state index is 4.60. The van der Waals surface area contributed by atoms with Crippen LogP contribution >= 0.6 is 11.3 Å². The van der Waals surface area contributed by atoms with E-state index in [1.165, 1.54) is 11.3 Å². The molecule has 0 spiro atoms. The monoisotopic (exact) mass is 354 g/mol. The summed E-state index contributed by atoms with van der Waals surface area (Å²) in [5, 5.41) is 7.57. The molecule has 2 N–H and O–H groups in total. The molecule has 0 aromatic carbocycles. The van der Waals surface area contributed by atoms with Crippen LogP contribution in [0.4, 0.5) is 5.95 Å². The maximum absolute atomic E-state index is 4.60. The van der Waals surface area contributed by atoms with E-state index in [4.69, 9.17) is 0 Å². The van der Waals surface area contributed by atoms with Crippen molar-refractivity contribution in [1.29, 1.82) is 0 Å². The molecule has 6 nitrogen and oxygen atoms in total. The third-order valence-electron chi connectivity index (χ3n) is 4.51. The molecule has 25 heavy (non-hydrogen) atoms. The lowest BCUT2D eigenvalue weighted by molar-refractivity contribution is 0.200. The summed E-state index contributed by atoms with van der Waals surface area (Å²) in [5.41, 5.74) is 4.83. The molecular formula is C18H22N6S. The average molecular weight is 354 g/mol. The van der Waals surface area contributed by atoms with Gasteiger partial charge in [0.25, 0.3) is 0 Å². The van der Waals surface area contributed by atoms with Crippen molar-refractivity contribution in [2.75, 3.05) is 18.4 Å². The molecule has 3 aromatic heterocycles. The lowest BCUT2D eigenvalue weighted by Gasteiger charge is -2.34. The Morgan fingerprint density at radius 3 is 2.96 bits per heavy atom. The number of fused-ring (bicyclic) bond motifs is 1. The summed E-state index contributed by atoms with van der Waals surface area (Å²) in [5.74, 6) is 0.702. The number of aromatic nitrogens is 4.